The molecule has 3 rings (SSSR count). The summed E-state index contributed by atoms with van der Waals surface area (Å²) in [5.41, 5.74) is 4.07. The lowest BCUT2D eigenvalue weighted by molar-refractivity contribution is -0.118. The highest BCUT2D eigenvalue weighted by Gasteiger charge is 2.13. The summed E-state index contributed by atoms with van der Waals surface area (Å²) in [7, 11) is 0. The quantitative estimate of drug-likeness (QED) is 0.722. The van der Waals surface area contributed by atoms with Crippen LogP contribution in [0.1, 0.15) is 22.6 Å². The molecule has 0 bridgehead atoms. The third-order valence-corrected chi connectivity index (χ3v) is 4.67. The summed E-state index contributed by atoms with van der Waals surface area (Å²) in [5, 5.41) is 5.21. The van der Waals surface area contributed by atoms with Crippen LogP contribution in [0.3, 0.4) is 0 Å². The van der Waals surface area contributed by atoms with Gasteiger partial charge in [-0.2, -0.15) is 0 Å². The Kier molecular flexibility index (Phi) is 4.90. The summed E-state index contributed by atoms with van der Waals surface area (Å²) < 4.78 is 11.1. The number of rotatable bonds is 5. The molecule has 0 unspecified atom stereocenters. The number of ether oxygens (including phenoxy) is 1. The number of amides is 1. The number of anilines is 1. The number of carbonyl (C=O) groups is 1. The van der Waals surface area contributed by atoms with Gasteiger partial charge in [0.05, 0.1) is 5.69 Å². The average Bonchev–Trinajstić information content (AvgIpc) is 3.14. The first-order valence-electron chi connectivity index (χ1n) is 7.95. The summed E-state index contributed by atoms with van der Waals surface area (Å²) in [4.78, 5) is 16.5. The van der Waals surface area contributed by atoms with E-state index in [0.29, 0.717) is 10.9 Å². The van der Waals surface area contributed by atoms with Crippen LogP contribution >= 0.6 is 11.3 Å². The van der Waals surface area contributed by atoms with E-state index in [-0.39, 0.29) is 12.5 Å². The second-order valence-corrected chi connectivity index (χ2v) is 6.81. The topological polar surface area (TPSA) is 64.4 Å². The normalized spacial score (nSPS) is 10.7. The number of hydrogen-bond donors (Lipinski definition) is 1. The highest BCUT2D eigenvalue weighted by molar-refractivity contribution is 7.14. The Morgan fingerprint density at radius 3 is 2.68 bits per heavy atom. The van der Waals surface area contributed by atoms with Gasteiger partial charge in [-0.1, -0.05) is 6.07 Å². The lowest BCUT2D eigenvalue weighted by atomic mass is 10.1. The molecule has 0 saturated carbocycles. The fourth-order valence-corrected chi connectivity index (χ4v) is 3.17. The molecule has 3 aromatic rings. The number of hydrogen-bond acceptors (Lipinski definition) is 5. The smallest absolute Gasteiger partial charge is 0.264 e. The molecule has 0 radical (unpaired) electrons. The zero-order chi connectivity index (χ0) is 18.0. The Morgan fingerprint density at radius 1 is 1.20 bits per heavy atom. The van der Waals surface area contributed by atoms with E-state index in [9.17, 15) is 4.79 Å². The van der Waals surface area contributed by atoms with Crippen molar-refractivity contribution >= 4 is 22.4 Å². The minimum absolute atomic E-state index is 0.0543. The van der Waals surface area contributed by atoms with Crippen molar-refractivity contribution in [1.82, 2.24) is 4.98 Å². The Hall–Kier alpha value is -2.60. The first-order valence-corrected chi connectivity index (χ1v) is 8.83. The molecule has 1 amide bonds. The summed E-state index contributed by atoms with van der Waals surface area (Å²) in [6.45, 7) is 7.79. The summed E-state index contributed by atoms with van der Waals surface area (Å²) >= 11 is 1.38. The van der Waals surface area contributed by atoms with Crippen molar-refractivity contribution in [3.05, 3.63) is 52.3 Å². The van der Waals surface area contributed by atoms with Gasteiger partial charge in [-0.15, -0.1) is 11.3 Å². The van der Waals surface area contributed by atoms with Crippen molar-refractivity contribution in [3.63, 3.8) is 0 Å². The molecule has 6 heteroatoms. The fourth-order valence-electron chi connectivity index (χ4n) is 2.45. The second-order valence-electron chi connectivity index (χ2n) is 5.95. The lowest BCUT2D eigenvalue weighted by Gasteiger charge is -2.07. The number of thiazole rings is 1. The van der Waals surface area contributed by atoms with E-state index in [0.717, 1.165) is 28.3 Å². The van der Waals surface area contributed by atoms with Crippen LogP contribution in [0.5, 0.6) is 5.75 Å². The maximum absolute atomic E-state index is 12.1. The molecule has 130 valence electrons. The fraction of sp³-hybridized carbons (Fsp3) is 0.263. The van der Waals surface area contributed by atoms with Crippen molar-refractivity contribution in [3.8, 4) is 17.0 Å². The molecule has 0 aliphatic carbocycles. The van der Waals surface area contributed by atoms with Crippen LogP contribution in [0.25, 0.3) is 11.3 Å². The molecule has 2 heterocycles. The largest absolute Gasteiger partial charge is 0.484 e. The van der Waals surface area contributed by atoms with Crippen molar-refractivity contribution < 1.29 is 13.9 Å². The highest BCUT2D eigenvalue weighted by atomic mass is 32.1. The van der Waals surface area contributed by atoms with E-state index in [4.69, 9.17) is 9.15 Å². The highest BCUT2D eigenvalue weighted by Crippen LogP contribution is 2.29. The summed E-state index contributed by atoms with van der Waals surface area (Å²) in [5.74, 6) is 2.11. The van der Waals surface area contributed by atoms with E-state index in [2.05, 4.69) is 10.3 Å². The van der Waals surface area contributed by atoms with Gasteiger partial charge in [0.2, 0.25) is 0 Å². The van der Waals surface area contributed by atoms with Crippen molar-refractivity contribution in [1.29, 1.82) is 0 Å². The van der Waals surface area contributed by atoms with Gasteiger partial charge >= 0.3 is 0 Å². The maximum Gasteiger partial charge on any atom is 0.264 e. The number of nitrogens with one attached hydrogen (secondary N) is 1. The van der Waals surface area contributed by atoms with Crippen LogP contribution in [0, 0.1) is 27.7 Å². The monoisotopic (exact) mass is 356 g/mol. The number of benzene rings is 1. The molecular weight excluding hydrogens is 336 g/mol. The molecule has 2 aromatic heterocycles. The number of nitrogens with zero attached hydrogens (tertiary/aromatic N) is 1. The van der Waals surface area contributed by atoms with Gasteiger partial charge in [0.1, 0.15) is 17.3 Å². The number of aryl methyl sites for hydroxylation is 4. The van der Waals surface area contributed by atoms with Crippen molar-refractivity contribution in [2.24, 2.45) is 0 Å². The van der Waals surface area contributed by atoms with Crippen LogP contribution in [0.2, 0.25) is 0 Å². The zero-order valence-electron chi connectivity index (χ0n) is 14.7. The van der Waals surface area contributed by atoms with Gasteiger partial charge in [0.15, 0.2) is 11.7 Å². The average molecular weight is 356 g/mol. The summed E-state index contributed by atoms with van der Waals surface area (Å²) in [6.07, 6.45) is 0. The van der Waals surface area contributed by atoms with E-state index in [1.165, 1.54) is 16.9 Å². The Labute approximate surface area is 150 Å². The van der Waals surface area contributed by atoms with Crippen LogP contribution in [-0.4, -0.2) is 17.5 Å². The van der Waals surface area contributed by atoms with Gasteiger partial charge in [-0.3, -0.25) is 10.1 Å². The van der Waals surface area contributed by atoms with E-state index < -0.39 is 0 Å². The molecule has 25 heavy (non-hydrogen) atoms. The van der Waals surface area contributed by atoms with Gasteiger partial charge in [-0.25, -0.2) is 4.98 Å². The number of furan rings is 1. The third-order valence-electron chi connectivity index (χ3n) is 3.92. The standard InChI is InChI=1S/C19H20N2O3S/c1-11-5-6-15(7-12(11)2)23-9-18(22)21-19-20-17(10-25-19)16-8-13(3)24-14(16)4/h5-8,10H,9H2,1-4H3,(H,20,21,22). The van der Waals surface area contributed by atoms with Crippen LogP contribution in [0.4, 0.5) is 5.13 Å². The van der Waals surface area contributed by atoms with Gasteiger partial charge < -0.3 is 9.15 Å². The lowest BCUT2D eigenvalue weighted by Crippen LogP contribution is -2.20. The van der Waals surface area contributed by atoms with Crippen LogP contribution < -0.4 is 10.1 Å². The Morgan fingerprint density at radius 2 is 2.00 bits per heavy atom. The molecule has 5 nitrogen and oxygen atoms in total. The zero-order valence-corrected chi connectivity index (χ0v) is 15.5. The number of carbonyl (C=O) groups excluding carboxylic acids is 1. The van der Waals surface area contributed by atoms with Crippen LogP contribution in [0.15, 0.2) is 34.1 Å². The van der Waals surface area contributed by atoms with Gasteiger partial charge in [-0.05, 0) is 57.0 Å². The molecule has 0 fully saturated rings. The molecule has 0 aliphatic heterocycles. The minimum atomic E-state index is -0.237. The van der Waals surface area contributed by atoms with Gasteiger partial charge in [0.25, 0.3) is 5.91 Å². The molecule has 0 spiro atoms. The molecular formula is C19H20N2O3S. The number of aromatic nitrogens is 1. The van der Waals surface area contributed by atoms with E-state index in [1.54, 1.807) is 0 Å². The van der Waals surface area contributed by atoms with E-state index >= 15 is 0 Å². The van der Waals surface area contributed by atoms with Crippen molar-refractivity contribution in [2.75, 3.05) is 11.9 Å². The molecule has 1 N–H and O–H groups in total. The third kappa shape index (κ3) is 4.09. The van der Waals surface area contributed by atoms with Crippen molar-refractivity contribution in [2.45, 2.75) is 27.7 Å². The molecule has 0 atom stereocenters. The van der Waals surface area contributed by atoms with E-state index in [1.807, 2.05) is 57.3 Å². The Balaban J connectivity index is 1.60. The molecule has 0 saturated heterocycles. The minimum Gasteiger partial charge on any atom is -0.484 e. The first kappa shape index (κ1) is 17.2. The Bertz CT molecular complexity index is 911. The molecule has 1 aromatic carbocycles. The second kappa shape index (κ2) is 7.11. The first-order chi connectivity index (χ1) is 11.9. The predicted molar refractivity (Wildman–Crippen MR) is 99.3 cm³/mol. The maximum atomic E-state index is 12.1. The predicted octanol–water partition coefficient (Wildman–Crippen LogP) is 4.65. The van der Waals surface area contributed by atoms with Crippen LogP contribution in [-0.2, 0) is 4.79 Å². The molecule has 0 aliphatic rings. The summed E-state index contributed by atoms with van der Waals surface area (Å²) in [6, 6.07) is 7.71. The van der Waals surface area contributed by atoms with Gasteiger partial charge in [0, 0.05) is 10.9 Å². The SMILES string of the molecule is Cc1cc(-c2csc(NC(=O)COc3ccc(C)c(C)c3)n2)c(C)o1.